The molecule has 4 heteroatoms. The minimum absolute atomic E-state index is 0.131. The third-order valence-corrected chi connectivity index (χ3v) is 4.85. The van der Waals surface area contributed by atoms with Gasteiger partial charge in [-0.2, -0.15) is 0 Å². The molecule has 1 N–H and O–H groups in total. The molecule has 0 aliphatic carbocycles. The highest BCUT2D eigenvalue weighted by Crippen LogP contribution is 2.30. The van der Waals surface area contributed by atoms with Gasteiger partial charge in [0.15, 0.2) is 5.13 Å². The Bertz CT molecular complexity index is 335. The summed E-state index contributed by atoms with van der Waals surface area (Å²) in [6, 6.07) is 0. The number of hydrogen-bond donors (Lipinski definition) is 1. The molecular formula is C13H22N2OS. The number of piperidine rings is 1. The van der Waals surface area contributed by atoms with Crippen molar-refractivity contribution in [2.24, 2.45) is 5.92 Å². The van der Waals surface area contributed by atoms with E-state index in [-0.39, 0.29) is 6.61 Å². The van der Waals surface area contributed by atoms with Crippen LogP contribution in [-0.2, 0) is 13.0 Å². The van der Waals surface area contributed by atoms with Crippen molar-refractivity contribution in [1.82, 2.24) is 4.98 Å². The lowest BCUT2D eigenvalue weighted by molar-refractivity contribution is 0.284. The third kappa shape index (κ3) is 2.80. The summed E-state index contributed by atoms with van der Waals surface area (Å²) in [7, 11) is 0. The summed E-state index contributed by atoms with van der Waals surface area (Å²) < 4.78 is 0. The quantitative estimate of drug-likeness (QED) is 0.897. The summed E-state index contributed by atoms with van der Waals surface area (Å²) in [5.74, 6) is 0.897. The number of aromatic nitrogens is 1. The normalized spacial score (nSPS) is 17.7. The van der Waals surface area contributed by atoms with E-state index in [1.807, 2.05) is 0 Å². The van der Waals surface area contributed by atoms with Crippen molar-refractivity contribution in [2.45, 2.75) is 46.1 Å². The van der Waals surface area contributed by atoms with Crippen LogP contribution in [0.1, 0.15) is 43.7 Å². The molecule has 1 aromatic rings. The Labute approximate surface area is 107 Å². The first-order valence-electron chi connectivity index (χ1n) is 6.62. The zero-order valence-electron chi connectivity index (χ0n) is 10.8. The van der Waals surface area contributed by atoms with Gasteiger partial charge in [0.25, 0.3) is 0 Å². The van der Waals surface area contributed by atoms with Crippen LogP contribution in [0, 0.1) is 5.92 Å². The fourth-order valence-corrected chi connectivity index (χ4v) is 3.50. The number of aliphatic hydroxyl groups is 1. The Morgan fingerprint density at radius 3 is 2.53 bits per heavy atom. The van der Waals surface area contributed by atoms with Crippen molar-refractivity contribution in [2.75, 3.05) is 18.0 Å². The molecule has 0 saturated carbocycles. The molecule has 96 valence electrons. The van der Waals surface area contributed by atoms with Gasteiger partial charge in [-0.3, -0.25) is 0 Å². The molecule has 17 heavy (non-hydrogen) atoms. The van der Waals surface area contributed by atoms with Gasteiger partial charge in [-0.15, -0.1) is 0 Å². The van der Waals surface area contributed by atoms with Crippen molar-refractivity contribution >= 4 is 16.5 Å². The molecular weight excluding hydrogens is 232 g/mol. The fraction of sp³-hybridized carbons (Fsp3) is 0.769. The first-order valence-corrected chi connectivity index (χ1v) is 7.44. The topological polar surface area (TPSA) is 36.4 Å². The summed E-state index contributed by atoms with van der Waals surface area (Å²) in [5.41, 5.74) is 1.07. The molecule has 3 nitrogen and oxygen atoms in total. The van der Waals surface area contributed by atoms with Crippen molar-refractivity contribution in [3.8, 4) is 0 Å². The first kappa shape index (κ1) is 12.8. The molecule has 0 atom stereocenters. The number of thiazole rings is 1. The maximum atomic E-state index is 9.29. The van der Waals surface area contributed by atoms with Crippen molar-refractivity contribution in [1.29, 1.82) is 0 Å². The molecule has 0 unspecified atom stereocenters. The molecule has 1 fully saturated rings. The highest BCUT2D eigenvalue weighted by Gasteiger charge is 2.21. The second-order valence-electron chi connectivity index (χ2n) is 4.72. The van der Waals surface area contributed by atoms with E-state index in [4.69, 9.17) is 0 Å². The predicted molar refractivity (Wildman–Crippen MR) is 72.6 cm³/mol. The van der Waals surface area contributed by atoms with E-state index in [0.717, 1.165) is 41.1 Å². The number of aliphatic hydroxyl groups excluding tert-OH is 1. The lowest BCUT2D eigenvalue weighted by Crippen LogP contribution is -2.33. The van der Waals surface area contributed by atoms with Gasteiger partial charge in [-0.25, -0.2) is 4.98 Å². The largest absolute Gasteiger partial charge is 0.391 e. The standard InChI is InChI=1S/C13H22N2OS/c1-3-10-5-7-15(8-6-10)13-14-11(4-2)12(9-16)17-13/h10,16H,3-9H2,1-2H3. The van der Waals surface area contributed by atoms with Gasteiger partial charge >= 0.3 is 0 Å². The van der Waals surface area contributed by atoms with Gasteiger partial charge in [0.1, 0.15) is 0 Å². The SMILES string of the molecule is CCc1nc(N2CCC(CC)CC2)sc1CO. The lowest BCUT2D eigenvalue weighted by Gasteiger charge is -2.31. The Balaban J connectivity index is 2.05. The van der Waals surface area contributed by atoms with Gasteiger partial charge in [-0.05, 0) is 25.2 Å². The average molecular weight is 254 g/mol. The van der Waals surface area contributed by atoms with E-state index in [1.54, 1.807) is 11.3 Å². The molecule has 1 aliphatic rings. The molecule has 2 heterocycles. The number of aryl methyl sites for hydroxylation is 1. The highest BCUT2D eigenvalue weighted by molar-refractivity contribution is 7.15. The van der Waals surface area contributed by atoms with Gasteiger partial charge in [-0.1, -0.05) is 31.6 Å². The summed E-state index contributed by atoms with van der Waals surface area (Å²) >= 11 is 1.66. The molecule has 0 aromatic carbocycles. The Morgan fingerprint density at radius 2 is 2.06 bits per heavy atom. The summed E-state index contributed by atoms with van der Waals surface area (Å²) in [6.07, 6.45) is 4.78. The van der Waals surface area contributed by atoms with Gasteiger partial charge < -0.3 is 10.0 Å². The molecule has 1 aromatic heterocycles. The molecule has 2 rings (SSSR count). The van der Waals surface area contributed by atoms with Crippen LogP contribution in [0.3, 0.4) is 0 Å². The van der Waals surface area contributed by atoms with Crippen LogP contribution < -0.4 is 4.90 Å². The summed E-state index contributed by atoms with van der Waals surface area (Å²) in [4.78, 5) is 8.08. The van der Waals surface area contributed by atoms with E-state index < -0.39 is 0 Å². The molecule has 1 saturated heterocycles. The van der Waals surface area contributed by atoms with Crippen molar-refractivity contribution < 1.29 is 5.11 Å². The van der Waals surface area contributed by atoms with E-state index >= 15 is 0 Å². The molecule has 0 amide bonds. The van der Waals surface area contributed by atoms with Crippen LogP contribution in [0.15, 0.2) is 0 Å². The molecule has 0 bridgehead atoms. The van der Waals surface area contributed by atoms with E-state index in [1.165, 1.54) is 19.3 Å². The van der Waals surface area contributed by atoms with E-state index in [9.17, 15) is 5.11 Å². The molecule has 0 radical (unpaired) electrons. The lowest BCUT2D eigenvalue weighted by atomic mass is 9.95. The summed E-state index contributed by atoms with van der Waals surface area (Å²) in [6.45, 7) is 6.76. The van der Waals surface area contributed by atoms with Crippen LogP contribution in [0.25, 0.3) is 0 Å². The maximum absolute atomic E-state index is 9.29. The average Bonchev–Trinajstić information content (AvgIpc) is 2.82. The molecule has 0 spiro atoms. The minimum Gasteiger partial charge on any atom is -0.391 e. The Kier molecular flexibility index (Phi) is 4.40. The van der Waals surface area contributed by atoms with E-state index in [2.05, 4.69) is 23.7 Å². The minimum atomic E-state index is 0.131. The Hall–Kier alpha value is -0.610. The van der Waals surface area contributed by atoms with Gasteiger partial charge in [0.05, 0.1) is 17.2 Å². The first-order chi connectivity index (χ1) is 8.28. The van der Waals surface area contributed by atoms with Gasteiger partial charge in [0.2, 0.25) is 0 Å². The Morgan fingerprint density at radius 1 is 1.35 bits per heavy atom. The smallest absolute Gasteiger partial charge is 0.185 e. The third-order valence-electron chi connectivity index (χ3n) is 3.71. The van der Waals surface area contributed by atoms with Crippen LogP contribution in [-0.4, -0.2) is 23.2 Å². The zero-order valence-corrected chi connectivity index (χ0v) is 11.6. The van der Waals surface area contributed by atoms with Crippen molar-refractivity contribution in [3.63, 3.8) is 0 Å². The van der Waals surface area contributed by atoms with E-state index in [0.29, 0.717) is 0 Å². The molecule has 1 aliphatic heterocycles. The fourth-order valence-electron chi connectivity index (χ4n) is 2.44. The monoisotopic (exact) mass is 254 g/mol. The number of rotatable bonds is 4. The predicted octanol–water partition coefficient (Wildman–Crippen LogP) is 2.82. The number of nitrogens with zero attached hydrogens (tertiary/aromatic N) is 2. The van der Waals surface area contributed by atoms with Crippen LogP contribution >= 0.6 is 11.3 Å². The second kappa shape index (κ2) is 5.83. The maximum Gasteiger partial charge on any atom is 0.185 e. The highest BCUT2D eigenvalue weighted by atomic mass is 32.1. The second-order valence-corrected chi connectivity index (χ2v) is 5.78. The van der Waals surface area contributed by atoms with Crippen molar-refractivity contribution in [3.05, 3.63) is 10.6 Å². The zero-order chi connectivity index (χ0) is 12.3. The van der Waals surface area contributed by atoms with Crippen LogP contribution in [0.4, 0.5) is 5.13 Å². The number of hydrogen-bond acceptors (Lipinski definition) is 4. The van der Waals surface area contributed by atoms with Gasteiger partial charge in [0, 0.05) is 13.1 Å². The van der Waals surface area contributed by atoms with Crippen LogP contribution in [0.2, 0.25) is 0 Å². The summed E-state index contributed by atoms with van der Waals surface area (Å²) in [5, 5.41) is 10.4. The number of anilines is 1. The van der Waals surface area contributed by atoms with Crippen LogP contribution in [0.5, 0.6) is 0 Å².